The van der Waals surface area contributed by atoms with Crippen molar-refractivity contribution in [3.8, 4) is 56.2 Å². The molecule has 1 heterocycles. The van der Waals surface area contributed by atoms with Gasteiger partial charge in [-0.05, 0) is 83.9 Å². The highest BCUT2D eigenvalue weighted by atomic mass is 14.9. The summed E-state index contributed by atoms with van der Waals surface area (Å²) in [7, 11) is 0. The number of rotatable bonds is 4. The van der Waals surface area contributed by atoms with E-state index in [1.165, 1.54) is 65.7 Å². The summed E-state index contributed by atoms with van der Waals surface area (Å²) in [6.45, 7) is 4.73. The van der Waals surface area contributed by atoms with Crippen LogP contribution in [0.5, 0.6) is 0 Å². The van der Waals surface area contributed by atoms with Crippen LogP contribution in [0, 0.1) is 0 Å². The van der Waals surface area contributed by atoms with E-state index in [9.17, 15) is 0 Å². The molecule has 0 N–H and O–H groups in total. The fourth-order valence-electron chi connectivity index (χ4n) is 8.25. The second-order valence-corrected chi connectivity index (χ2v) is 14.2. The van der Waals surface area contributed by atoms with E-state index >= 15 is 0 Å². The third kappa shape index (κ3) is 4.71. The predicted octanol–water partition coefficient (Wildman–Crippen LogP) is 12.9. The van der Waals surface area contributed by atoms with Crippen LogP contribution >= 0.6 is 0 Å². The summed E-state index contributed by atoms with van der Waals surface area (Å²) >= 11 is 0. The smallest absolute Gasteiger partial charge is 0.160 e. The average Bonchev–Trinajstić information content (AvgIpc) is 3.43. The van der Waals surface area contributed by atoms with E-state index in [1.54, 1.807) is 0 Å². The van der Waals surface area contributed by atoms with Gasteiger partial charge < -0.3 is 0 Å². The zero-order valence-corrected chi connectivity index (χ0v) is 28.6. The summed E-state index contributed by atoms with van der Waals surface area (Å²) < 4.78 is 0. The van der Waals surface area contributed by atoms with Gasteiger partial charge >= 0.3 is 0 Å². The Kier molecular flexibility index (Phi) is 6.56. The first-order valence-electron chi connectivity index (χ1n) is 17.7. The quantitative estimate of drug-likeness (QED) is 0.189. The molecule has 0 spiro atoms. The van der Waals surface area contributed by atoms with Gasteiger partial charge in [0.05, 0.1) is 11.4 Å². The fourth-order valence-corrected chi connectivity index (χ4v) is 8.25. The summed E-state index contributed by atoms with van der Waals surface area (Å²) in [4.78, 5) is 10.3. The van der Waals surface area contributed by atoms with Crippen molar-refractivity contribution in [3.63, 3.8) is 0 Å². The number of benzene rings is 8. The van der Waals surface area contributed by atoms with Crippen LogP contribution in [-0.4, -0.2) is 9.97 Å². The molecular weight excluding hydrogens is 617 g/mol. The zero-order valence-electron chi connectivity index (χ0n) is 28.6. The van der Waals surface area contributed by atoms with Crippen LogP contribution in [0.15, 0.2) is 170 Å². The Bertz CT molecular complexity index is 2830. The number of fused-ring (bicyclic) bond motifs is 7. The first-order valence-corrected chi connectivity index (χ1v) is 17.7. The van der Waals surface area contributed by atoms with Gasteiger partial charge in [0.25, 0.3) is 0 Å². The summed E-state index contributed by atoms with van der Waals surface area (Å²) in [6, 6.07) is 61.2. The van der Waals surface area contributed by atoms with Gasteiger partial charge in [-0.2, -0.15) is 0 Å². The Morgan fingerprint density at radius 2 is 0.980 bits per heavy atom. The van der Waals surface area contributed by atoms with E-state index < -0.39 is 0 Å². The highest BCUT2D eigenvalue weighted by Crippen LogP contribution is 2.52. The molecule has 0 aliphatic heterocycles. The predicted molar refractivity (Wildman–Crippen MR) is 214 cm³/mol. The topological polar surface area (TPSA) is 25.8 Å². The lowest BCUT2D eigenvalue weighted by atomic mass is 9.81. The first kappa shape index (κ1) is 29.5. The molecule has 1 aliphatic carbocycles. The van der Waals surface area contributed by atoms with Gasteiger partial charge in [0, 0.05) is 22.1 Å². The number of nitrogens with zero attached hydrogens (tertiary/aromatic N) is 2. The van der Waals surface area contributed by atoms with E-state index in [0.717, 1.165) is 33.9 Å². The molecule has 2 nitrogen and oxygen atoms in total. The van der Waals surface area contributed by atoms with Crippen LogP contribution in [0.4, 0.5) is 0 Å². The first-order chi connectivity index (χ1) is 25.0. The third-order valence-corrected chi connectivity index (χ3v) is 10.9. The number of hydrogen-bond donors (Lipinski definition) is 0. The van der Waals surface area contributed by atoms with Crippen molar-refractivity contribution in [2.45, 2.75) is 19.3 Å². The van der Waals surface area contributed by atoms with Crippen LogP contribution < -0.4 is 0 Å². The molecule has 2 heteroatoms. The molecule has 0 fully saturated rings. The lowest BCUT2D eigenvalue weighted by Gasteiger charge is -2.22. The van der Waals surface area contributed by atoms with Crippen molar-refractivity contribution in [2.75, 3.05) is 0 Å². The van der Waals surface area contributed by atoms with Gasteiger partial charge in [0.2, 0.25) is 0 Å². The number of aromatic nitrogens is 2. The molecule has 0 unspecified atom stereocenters. The van der Waals surface area contributed by atoms with Crippen LogP contribution in [0.25, 0.3) is 88.5 Å². The maximum atomic E-state index is 5.22. The van der Waals surface area contributed by atoms with Gasteiger partial charge in [-0.3, -0.25) is 0 Å². The Balaban J connectivity index is 1.14. The van der Waals surface area contributed by atoms with Crippen molar-refractivity contribution in [1.82, 2.24) is 9.97 Å². The van der Waals surface area contributed by atoms with Crippen LogP contribution in [-0.2, 0) is 5.41 Å². The van der Waals surface area contributed by atoms with Crippen molar-refractivity contribution < 1.29 is 0 Å². The van der Waals surface area contributed by atoms with Crippen LogP contribution in [0.3, 0.4) is 0 Å². The van der Waals surface area contributed by atoms with E-state index in [4.69, 9.17) is 9.97 Å². The summed E-state index contributed by atoms with van der Waals surface area (Å²) in [5.41, 5.74) is 12.8. The normalized spacial score (nSPS) is 13.1. The van der Waals surface area contributed by atoms with Gasteiger partial charge in [-0.15, -0.1) is 0 Å². The molecule has 1 aromatic heterocycles. The van der Waals surface area contributed by atoms with Gasteiger partial charge in [0.15, 0.2) is 5.82 Å². The largest absolute Gasteiger partial charge is 0.228 e. The van der Waals surface area contributed by atoms with Crippen LogP contribution in [0.2, 0.25) is 0 Å². The maximum absolute atomic E-state index is 5.22. The molecule has 0 atom stereocenters. The SMILES string of the molecule is CC1(C)c2cc(-c3ccc(-c4cc(-c5ccc6ccccc6c5)nc(-c5ccccc5)n4)c4ccccc34)ccc2-c2c1ccc1ccccc21. The molecule has 9 aromatic rings. The van der Waals surface area contributed by atoms with Gasteiger partial charge in [0.1, 0.15) is 0 Å². The van der Waals surface area contributed by atoms with Gasteiger partial charge in [-0.25, -0.2) is 9.97 Å². The minimum atomic E-state index is -0.103. The molecule has 1 aliphatic rings. The maximum Gasteiger partial charge on any atom is 0.160 e. The minimum absolute atomic E-state index is 0.103. The standard InChI is InChI=1S/C49H34N2/c1-49(2)43-27-23-32-13-8-9-17-38(32)47(43)42-24-22-35(29-44(42)49)37-25-26-41(40-19-11-10-18-39(37)40)46-30-45(50-48(51-46)33-14-4-3-5-15-33)36-21-20-31-12-6-7-16-34(31)28-36/h3-30H,1-2H3. The molecule has 0 saturated heterocycles. The van der Waals surface area contributed by atoms with Gasteiger partial charge in [-0.1, -0.05) is 166 Å². The average molecular weight is 651 g/mol. The van der Waals surface area contributed by atoms with E-state index in [-0.39, 0.29) is 5.41 Å². The van der Waals surface area contributed by atoms with Crippen molar-refractivity contribution in [1.29, 1.82) is 0 Å². The molecule has 8 aromatic carbocycles. The lowest BCUT2D eigenvalue weighted by molar-refractivity contribution is 0.661. The lowest BCUT2D eigenvalue weighted by Crippen LogP contribution is -2.15. The monoisotopic (exact) mass is 650 g/mol. The Morgan fingerprint density at radius 1 is 0.373 bits per heavy atom. The highest BCUT2D eigenvalue weighted by Gasteiger charge is 2.36. The molecule has 0 radical (unpaired) electrons. The van der Waals surface area contributed by atoms with Crippen molar-refractivity contribution >= 4 is 32.3 Å². The Hall–Kier alpha value is -6.38. The van der Waals surface area contributed by atoms with E-state index in [1.807, 2.05) is 18.2 Å². The summed E-state index contributed by atoms with van der Waals surface area (Å²) in [6.07, 6.45) is 0. The van der Waals surface area contributed by atoms with Crippen molar-refractivity contribution in [3.05, 3.63) is 181 Å². The second kappa shape index (κ2) is 11.3. The fraction of sp³-hybridized carbons (Fsp3) is 0.0612. The zero-order chi connectivity index (χ0) is 34.1. The second-order valence-electron chi connectivity index (χ2n) is 14.2. The molecule has 10 rings (SSSR count). The highest BCUT2D eigenvalue weighted by molar-refractivity contribution is 6.06. The third-order valence-electron chi connectivity index (χ3n) is 10.9. The molecule has 0 saturated carbocycles. The van der Waals surface area contributed by atoms with E-state index in [2.05, 4.69) is 166 Å². The number of hydrogen-bond acceptors (Lipinski definition) is 2. The minimum Gasteiger partial charge on any atom is -0.228 e. The van der Waals surface area contributed by atoms with Crippen LogP contribution in [0.1, 0.15) is 25.0 Å². The Labute approximate surface area is 297 Å². The molecular formula is C49H34N2. The molecule has 51 heavy (non-hydrogen) atoms. The van der Waals surface area contributed by atoms with E-state index in [0.29, 0.717) is 0 Å². The van der Waals surface area contributed by atoms with Crippen molar-refractivity contribution in [2.24, 2.45) is 0 Å². The summed E-state index contributed by atoms with van der Waals surface area (Å²) in [5, 5.41) is 7.40. The molecule has 0 amide bonds. The molecule has 0 bridgehead atoms. The Morgan fingerprint density at radius 3 is 1.80 bits per heavy atom. The molecule has 240 valence electrons. The summed E-state index contributed by atoms with van der Waals surface area (Å²) in [5.74, 6) is 0.720.